The maximum absolute atomic E-state index is 12.9. The number of ether oxygens (including phenoxy) is 2. The van der Waals surface area contributed by atoms with Gasteiger partial charge < -0.3 is 14.6 Å². The number of nitrogens with one attached hydrogen (secondary N) is 1. The second-order valence-corrected chi connectivity index (χ2v) is 7.11. The summed E-state index contributed by atoms with van der Waals surface area (Å²) in [4.78, 5) is 25.4. The molecular weight excluding hydrogens is 408 g/mol. The summed E-state index contributed by atoms with van der Waals surface area (Å²) in [5.74, 6) is 0. The summed E-state index contributed by atoms with van der Waals surface area (Å²) >= 11 is 0. The summed E-state index contributed by atoms with van der Waals surface area (Å²) < 4.78 is 10.6. The quantitative estimate of drug-likeness (QED) is 0.391. The number of hydrogen-bond donors (Lipinski definition) is 2. The lowest BCUT2D eigenvalue weighted by Crippen LogP contribution is -2.56. The van der Waals surface area contributed by atoms with E-state index in [4.69, 9.17) is 9.47 Å². The lowest BCUT2D eigenvalue weighted by atomic mass is 10.0. The van der Waals surface area contributed by atoms with Crippen LogP contribution in [0.3, 0.4) is 0 Å². The molecule has 0 aromatic heterocycles. The number of aliphatic hydroxyl groups excluding tert-OH is 1. The van der Waals surface area contributed by atoms with Crippen molar-refractivity contribution in [2.45, 2.75) is 44.6 Å². The van der Waals surface area contributed by atoms with E-state index in [1.165, 1.54) is 0 Å². The minimum atomic E-state index is -0.967. The van der Waals surface area contributed by atoms with E-state index in [9.17, 15) is 14.7 Å². The van der Waals surface area contributed by atoms with Crippen molar-refractivity contribution >= 4 is 12.2 Å². The van der Waals surface area contributed by atoms with Gasteiger partial charge in [-0.05, 0) is 30.4 Å². The first kappa shape index (κ1) is 24.7. The number of allylic oxidation sites excluding steroid dienone is 1. The minimum absolute atomic E-state index is 0.0165. The first-order chi connectivity index (χ1) is 15.5. The Morgan fingerprint density at radius 2 is 1.50 bits per heavy atom. The summed E-state index contributed by atoms with van der Waals surface area (Å²) in [7, 11) is 0. The summed E-state index contributed by atoms with van der Waals surface area (Å²) in [5, 5.41) is 11.6. The first-order valence-corrected chi connectivity index (χ1v) is 10.4. The molecule has 0 aliphatic carbocycles. The standard InChI is InChI=1S/C25H30N2O5/c1-3-5-17-22(23(28)12-4-2)27(25(30)32-19-21-15-10-7-11-16-21)26-24(29)31-18-20-13-8-6-9-14-20/h3-4,6-11,13-16,22-23,28H,1-2,5,12,17-19H2,(H,26,29)/t22-,23+/m1/s1. The van der Waals surface area contributed by atoms with Gasteiger partial charge in [-0.15, -0.1) is 13.2 Å². The predicted molar refractivity (Wildman–Crippen MR) is 122 cm³/mol. The van der Waals surface area contributed by atoms with Crippen LogP contribution in [-0.2, 0) is 22.7 Å². The minimum Gasteiger partial charge on any atom is -0.443 e. The van der Waals surface area contributed by atoms with E-state index < -0.39 is 24.3 Å². The van der Waals surface area contributed by atoms with Crippen LogP contribution in [0.2, 0.25) is 0 Å². The van der Waals surface area contributed by atoms with Crippen LogP contribution in [0.15, 0.2) is 86.0 Å². The Kier molecular flexibility index (Phi) is 10.5. The van der Waals surface area contributed by atoms with Gasteiger partial charge in [0.25, 0.3) is 0 Å². The molecule has 0 heterocycles. The number of aliphatic hydroxyl groups is 1. The van der Waals surface area contributed by atoms with Crippen LogP contribution in [0.1, 0.15) is 30.4 Å². The second kappa shape index (κ2) is 13.7. The van der Waals surface area contributed by atoms with Gasteiger partial charge in [-0.25, -0.2) is 20.0 Å². The van der Waals surface area contributed by atoms with Crippen molar-refractivity contribution in [3.63, 3.8) is 0 Å². The molecular formula is C25H30N2O5. The summed E-state index contributed by atoms with van der Waals surface area (Å²) in [6.45, 7) is 7.38. The topological polar surface area (TPSA) is 88.1 Å². The van der Waals surface area contributed by atoms with Crippen LogP contribution in [0.5, 0.6) is 0 Å². The average molecular weight is 439 g/mol. The van der Waals surface area contributed by atoms with Gasteiger partial charge in [0, 0.05) is 0 Å². The van der Waals surface area contributed by atoms with Gasteiger partial charge in [-0.1, -0.05) is 72.8 Å². The van der Waals surface area contributed by atoms with Gasteiger partial charge in [0.15, 0.2) is 0 Å². The Balaban J connectivity index is 2.12. The fourth-order valence-electron chi connectivity index (χ4n) is 3.02. The Labute approximate surface area is 188 Å². The van der Waals surface area contributed by atoms with E-state index in [1.54, 1.807) is 12.2 Å². The van der Waals surface area contributed by atoms with Crippen molar-refractivity contribution in [2.24, 2.45) is 0 Å². The lowest BCUT2D eigenvalue weighted by Gasteiger charge is -2.33. The number of rotatable bonds is 11. The van der Waals surface area contributed by atoms with Crippen LogP contribution < -0.4 is 5.43 Å². The number of hydrazine groups is 1. The molecule has 0 saturated carbocycles. The zero-order valence-corrected chi connectivity index (χ0v) is 18.1. The Morgan fingerprint density at radius 1 is 0.938 bits per heavy atom. The van der Waals surface area contributed by atoms with E-state index in [0.29, 0.717) is 12.8 Å². The number of hydrogen-bond acceptors (Lipinski definition) is 5. The maximum atomic E-state index is 12.9. The largest absolute Gasteiger partial charge is 0.443 e. The summed E-state index contributed by atoms with van der Waals surface area (Å²) in [5.41, 5.74) is 4.04. The van der Waals surface area contributed by atoms with Gasteiger partial charge in [-0.3, -0.25) is 0 Å². The predicted octanol–water partition coefficient (Wildman–Crippen LogP) is 4.74. The number of nitrogens with zero attached hydrogens (tertiary/aromatic N) is 1. The summed E-state index contributed by atoms with van der Waals surface area (Å²) in [6, 6.07) is 17.6. The van der Waals surface area contributed by atoms with E-state index >= 15 is 0 Å². The van der Waals surface area contributed by atoms with Crippen molar-refractivity contribution in [3.8, 4) is 0 Å². The van der Waals surface area contributed by atoms with Gasteiger partial charge >= 0.3 is 12.2 Å². The number of amides is 2. The van der Waals surface area contributed by atoms with Crippen LogP contribution in [0.4, 0.5) is 9.59 Å². The molecule has 7 heteroatoms. The molecule has 0 spiro atoms. The van der Waals surface area contributed by atoms with Gasteiger partial charge in [0.2, 0.25) is 0 Å². The normalized spacial score (nSPS) is 12.2. The first-order valence-electron chi connectivity index (χ1n) is 10.4. The molecule has 170 valence electrons. The summed E-state index contributed by atoms with van der Waals surface area (Å²) in [6.07, 6.45) is 1.72. The molecule has 0 fully saturated rings. The van der Waals surface area contributed by atoms with E-state index in [-0.39, 0.29) is 19.6 Å². The second-order valence-electron chi connectivity index (χ2n) is 7.11. The van der Waals surface area contributed by atoms with Crippen LogP contribution in [0.25, 0.3) is 0 Å². The zero-order chi connectivity index (χ0) is 23.2. The van der Waals surface area contributed by atoms with Crippen molar-refractivity contribution in [3.05, 3.63) is 97.1 Å². The smallest absolute Gasteiger partial charge is 0.429 e. The Morgan fingerprint density at radius 3 is 2.03 bits per heavy atom. The molecule has 0 aliphatic rings. The van der Waals surface area contributed by atoms with Crippen LogP contribution in [0, 0.1) is 0 Å². The Hall–Kier alpha value is -3.58. The van der Waals surface area contributed by atoms with Crippen molar-refractivity contribution in [2.75, 3.05) is 0 Å². The molecule has 2 amide bonds. The van der Waals surface area contributed by atoms with Crippen molar-refractivity contribution < 1.29 is 24.2 Å². The third kappa shape index (κ3) is 8.28. The molecule has 32 heavy (non-hydrogen) atoms. The number of carbonyl (C=O) groups excluding carboxylic acids is 2. The zero-order valence-electron chi connectivity index (χ0n) is 18.1. The fourth-order valence-corrected chi connectivity index (χ4v) is 3.02. The number of benzene rings is 2. The van der Waals surface area contributed by atoms with Gasteiger partial charge in [-0.2, -0.15) is 0 Å². The van der Waals surface area contributed by atoms with Gasteiger partial charge in [0.1, 0.15) is 13.2 Å². The molecule has 2 atom stereocenters. The highest BCUT2D eigenvalue weighted by molar-refractivity contribution is 5.74. The Bertz CT molecular complexity index is 857. The van der Waals surface area contributed by atoms with Crippen molar-refractivity contribution in [1.82, 2.24) is 10.4 Å². The third-order valence-electron chi connectivity index (χ3n) is 4.68. The maximum Gasteiger partial charge on any atom is 0.429 e. The fraction of sp³-hybridized carbons (Fsp3) is 0.280. The molecule has 2 aromatic rings. The molecule has 0 bridgehead atoms. The molecule has 0 saturated heterocycles. The van der Waals surface area contributed by atoms with Crippen molar-refractivity contribution in [1.29, 1.82) is 0 Å². The van der Waals surface area contributed by atoms with E-state index in [1.807, 2.05) is 60.7 Å². The molecule has 0 unspecified atom stereocenters. The molecule has 0 radical (unpaired) electrons. The van der Waals surface area contributed by atoms with E-state index in [0.717, 1.165) is 16.1 Å². The van der Waals surface area contributed by atoms with Crippen LogP contribution in [-0.4, -0.2) is 34.4 Å². The highest BCUT2D eigenvalue weighted by Gasteiger charge is 2.32. The molecule has 2 N–H and O–H groups in total. The van der Waals surface area contributed by atoms with Gasteiger partial charge in [0.05, 0.1) is 12.1 Å². The molecule has 0 aliphatic heterocycles. The average Bonchev–Trinajstić information content (AvgIpc) is 2.82. The molecule has 2 aromatic carbocycles. The highest BCUT2D eigenvalue weighted by Crippen LogP contribution is 2.16. The monoisotopic (exact) mass is 438 g/mol. The third-order valence-corrected chi connectivity index (χ3v) is 4.68. The van der Waals surface area contributed by atoms with E-state index in [2.05, 4.69) is 18.6 Å². The van der Waals surface area contributed by atoms with Crippen LogP contribution >= 0.6 is 0 Å². The SMILES string of the molecule is C=CCC[C@H]([C@@H](O)CC=C)N(NC(=O)OCc1ccccc1)C(=O)OCc1ccccc1. The number of carbonyl (C=O) groups is 2. The molecule has 7 nitrogen and oxygen atoms in total. The lowest BCUT2D eigenvalue weighted by molar-refractivity contribution is 0.00271. The highest BCUT2D eigenvalue weighted by atomic mass is 16.6. The molecule has 2 rings (SSSR count).